The third-order valence-electron chi connectivity index (χ3n) is 2.48. The Balaban J connectivity index is 1.90. The molecule has 0 radical (unpaired) electrons. The lowest BCUT2D eigenvalue weighted by atomic mass is 10.2. The van der Waals surface area contributed by atoms with Gasteiger partial charge in [-0.3, -0.25) is 0 Å². The molecule has 0 aromatic heterocycles. The number of hydrogen-bond acceptors (Lipinski definition) is 1. The Morgan fingerprint density at radius 1 is 1.16 bits per heavy atom. The van der Waals surface area contributed by atoms with Crippen molar-refractivity contribution in [1.82, 2.24) is 5.32 Å². The second kappa shape index (κ2) is 6.50. The van der Waals surface area contributed by atoms with E-state index in [-0.39, 0.29) is 5.82 Å². The molecule has 0 saturated carbocycles. The van der Waals surface area contributed by atoms with Crippen LogP contribution in [-0.2, 0) is 6.54 Å². The molecule has 19 heavy (non-hydrogen) atoms. The van der Waals surface area contributed by atoms with Crippen molar-refractivity contribution < 1.29 is 4.39 Å². The monoisotopic (exact) mass is 294 g/mol. The second-order valence-electron chi connectivity index (χ2n) is 3.91. The Morgan fingerprint density at radius 3 is 2.68 bits per heavy atom. The molecule has 5 heteroatoms. The third kappa shape index (κ3) is 4.19. The molecular weight excluding hydrogens is 283 g/mol. The molecular formula is C14H12ClFN2S. The van der Waals surface area contributed by atoms with Crippen LogP contribution in [0.2, 0.25) is 5.02 Å². The summed E-state index contributed by atoms with van der Waals surface area (Å²) >= 11 is 11.0. The Hall–Kier alpha value is -1.65. The highest BCUT2D eigenvalue weighted by atomic mass is 35.5. The molecule has 2 aromatic carbocycles. The number of hydrogen-bond donors (Lipinski definition) is 2. The molecule has 2 rings (SSSR count). The van der Waals surface area contributed by atoms with Gasteiger partial charge in [-0.15, -0.1) is 0 Å². The summed E-state index contributed by atoms with van der Waals surface area (Å²) in [6, 6.07) is 13.8. The number of thiocarbonyl (C=S) groups is 1. The first-order chi connectivity index (χ1) is 9.15. The standard InChI is InChI=1S/C14H12ClFN2S/c15-11-5-3-6-12(8-11)18-14(19)17-9-10-4-1-2-7-13(10)16/h1-8H,9H2,(H2,17,18,19). The highest BCUT2D eigenvalue weighted by Gasteiger charge is 2.02. The summed E-state index contributed by atoms with van der Waals surface area (Å²) in [4.78, 5) is 0. The zero-order valence-electron chi connectivity index (χ0n) is 9.99. The lowest BCUT2D eigenvalue weighted by Gasteiger charge is -2.11. The van der Waals surface area contributed by atoms with E-state index in [1.54, 1.807) is 30.3 Å². The minimum atomic E-state index is -0.249. The van der Waals surface area contributed by atoms with Crippen LogP contribution in [0.25, 0.3) is 0 Å². The van der Waals surface area contributed by atoms with Crippen LogP contribution in [0.4, 0.5) is 10.1 Å². The average Bonchev–Trinajstić information content (AvgIpc) is 2.38. The van der Waals surface area contributed by atoms with Gasteiger partial charge < -0.3 is 10.6 Å². The topological polar surface area (TPSA) is 24.1 Å². The first-order valence-corrected chi connectivity index (χ1v) is 6.47. The van der Waals surface area contributed by atoms with Crippen molar-refractivity contribution in [2.45, 2.75) is 6.54 Å². The fourth-order valence-electron chi connectivity index (χ4n) is 1.56. The van der Waals surface area contributed by atoms with Crippen LogP contribution in [0.5, 0.6) is 0 Å². The van der Waals surface area contributed by atoms with Gasteiger partial charge in [0.2, 0.25) is 0 Å². The van der Waals surface area contributed by atoms with Gasteiger partial charge in [0, 0.05) is 22.8 Å². The van der Waals surface area contributed by atoms with Crippen molar-refractivity contribution in [1.29, 1.82) is 0 Å². The zero-order valence-corrected chi connectivity index (χ0v) is 11.6. The van der Waals surface area contributed by atoms with Gasteiger partial charge in [-0.05, 0) is 36.5 Å². The van der Waals surface area contributed by atoms with E-state index in [1.807, 2.05) is 12.1 Å². The molecule has 0 aliphatic carbocycles. The van der Waals surface area contributed by atoms with E-state index in [2.05, 4.69) is 10.6 Å². The van der Waals surface area contributed by atoms with Gasteiger partial charge in [0.05, 0.1) is 0 Å². The molecule has 0 amide bonds. The number of nitrogens with one attached hydrogen (secondary N) is 2. The van der Waals surface area contributed by atoms with Crippen LogP contribution in [0.15, 0.2) is 48.5 Å². The molecule has 2 N–H and O–H groups in total. The lowest BCUT2D eigenvalue weighted by molar-refractivity contribution is 0.606. The number of benzene rings is 2. The largest absolute Gasteiger partial charge is 0.358 e. The Bertz CT molecular complexity index is 589. The predicted octanol–water partition coefficient (Wildman–Crippen LogP) is 3.97. The maximum absolute atomic E-state index is 13.4. The predicted molar refractivity (Wildman–Crippen MR) is 80.9 cm³/mol. The van der Waals surface area contributed by atoms with Gasteiger partial charge in [-0.25, -0.2) is 4.39 Å². The van der Waals surface area contributed by atoms with Crippen molar-refractivity contribution in [3.63, 3.8) is 0 Å². The van der Waals surface area contributed by atoms with Crippen LogP contribution in [0.3, 0.4) is 0 Å². The van der Waals surface area contributed by atoms with Gasteiger partial charge in [0.1, 0.15) is 5.82 Å². The van der Waals surface area contributed by atoms with E-state index in [9.17, 15) is 4.39 Å². The molecule has 0 atom stereocenters. The first kappa shape index (κ1) is 13.8. The highest BCUT2D eigenvalue weighted by Crippen LogP contribution is 2.14. The smallest absolute Gasteiger partial charge is 0.171 e. The van der Waals surface area contributed by atoms with Crippen molar-refractivity contribution >= 4 is 34.6 Å². The maximum Gasteiger partial charge on any atom is 0.171 e. The summed E-state index contributed by atoms with van der Waals surface area (Å²) in [6.07, 6.45) is 0. The van der Waals surface area contributed by atoms with Crippen molar-refractivity contribution in [2.24, 2.45) is 0 Å². The van der Waals surface area contributed by atoms with Crippen molar-refractivity contribution in [2.75, 3.05) is 5.32 Å². The minimum absolute atomic E-state index is 0.249. The first-order valence-electron chi connectivity index (χ1n) is 5.69. The van der Waals surface area contributed by atoms with E-state index in [1.165, 1.54) is 6.07 Å². The van der Waals surface area contributed by atoms with Gasteiger partial charge >= 0.3 is 0 Å². The van der Waals surface area contributed by atoms with Crippen LogP contribution in [0.1, 0.15) is 5.56 Å². The van der Waals surface area contributed by atoms with Crippen LogP contribution in [-0.4, -0.2) is 5.11 Å². The van der Waals surface area contributed by atoms with Crippen LogP contribution >= 0.6 is 23.8 Å². The molecule has 0 spiro atoms. The number of halogens is 2. The third-order valence-corrected chi connectivity index (χ3v) is 2.96. The molecule has 0 heterocycles. The molecule has 0 bridgehead atoms. The highest BCUT2D eigenvalue weighted by molar-refractivity contribution is 7.80. The molecule has 2 aromatic rings. The normalized spacial score (nSPS) is 10.0. The Labute approximate surface area is 121 Å². The van der Waals surface area contributed by atoms with Crippen molar-refractivity contribution in [3.05, 3.63) is 64.9 Å². The maximum atomic E-state index is 13.4. The molecule has 2 nitrogen and oxygen atoms in total. The summed E-state index contributed by atoms with van der Waals surface area (Å²) < 4.78 is 13.4. The van der Waals surface area contributed by atoms with E-state index in [4.69, 9.17) is 23.8 Å². The average molecular weight is 295 g/mol. The molecule has 0 aliphatic rings. The van der Waals surface area contributed by atoms with E-state index >= 15 is 0 Å². The zero-order chi connectivity index (χ0) is 13.7. The fraction of sp³-hybridized carbons (Fsp3) is 0.0714. The SMILES string of the molecule is Fc1ccccc1CNC(=S)Nc1cccc(Cl)c1. The van der Waals surface area contributed by atoms with Gasteiger partial charge in [0.25, 0.3) is 0 Å². The molecule has 0 aliphatic heterocycles. The lowest BCUT2D eigenvalue weighted by Crippen LogP contribution is -2.28. The summed E-state index contributed by atoms with van der Waals surface area (Å²) in [6.45, 7) is 0.332. The number of anilines is 1. The second-order valence-corrected chi connectivity index (χ2v) is 4.75. The van der Waals surface area contributed by atoms with E-state index in [0.29, 0.717) is 22.2 Å². The summed E-state index contributed by atoms with van der Waals surface area (Å²) in [5.41, 5.74) is 1.36. The van der Waals surface area contributed by atoms with Gasteiger partial charge in [-0.1, -0.05) is 35.9 Å². The van der Waals surface area contributed by atoms with Crippen LogP contribution < -0.4 is 10.6 Å². The molecule has 0 unspecified atom stereocenters. The fourth-order valence-corrected chi connectivity index (χ4v) is 1.94. The summed E-state index contributed by atoms with van der Waals surface area (Å²) in [7, 11) is 0. The van der Waals surface area contributed by atoms with Crippen molar-refractivity contribution in [3.8, 4) is 0 Å². The Morgan fingerprint density at radius 2 is 1.95 bits per heavy atom. The van der Waals surface area contributed by atoms with Gasteiger partial charge in [-0.2, -0.15) is 0 Å². The van der Waals surface area contributed by atoms with Gasteiger partial charge in [0.15, 0.2) is 5.11 Å². The Kier molecular flexibility index (Phi) is 4.71. The summed E-state index contributed by atoms with van der Waals surface area (Å²) in [5, 5.41) is 6.98. The van der Waals surface area contributed by atoms with Crippen LogP contribution in [0, 0.1) is 5.82 Å². The molecule has 0 fully saturated rings. The quantitative estimate of drug-likeness (QED) is 0.838. The minimum Gasteiger partial charge on any atom is -0.358 e. The summed E-state index contributed by atoms with van der Waals surface area (Å²) in [5.74, 6) is -0.249. The molecule has 0 saturated heterocycles. The number of rotatable bonds is 3. The van der Waals surface area contributed by atoms with E-state index in [0.717, 1.165) is 5.69 Å². The van der Waals surface area contributed by atoms with E-state index < -0.39 is 0 Å². The molecule has 98 valence electrons.